The van der Waals surface area contributed by atoms with Crippen molar-refractivity contribution in [1.29, 1.82) is 0 Å². The summed E-state index contributed by atoms with van der Waals surface area (Å²) in [6.07, 6.45) is 1.13. The topological polar surface area (TPSA) is 75.6 Å². The Bertz CT molecular complexity index is 520. The minimum Gasteiger partial charge on any atom is -0.316 e. The van der Waals surface area contributed by atoms with Gasteiger partial charge in [-0.05, 0) is 19.9 Å². The van der Waals surface area contributed by atoms with E-state index in [9.17, 15) is 0 Å². The number of aryl methyl sites for hydroxylation is 1. The highest BCUT2D eigenvalue weighted by Gasteiger charge is 2.19. The zero-order valence-corrected chi connectivity index (χ0v) is 10.9. The normalized spacial score (nSPS) is 19.1. The molecule has 0 amide bonds. The van der Waals surface area contributed by atoms with Gasteiger partial charge in [-0.1, -0.05) is 11.3 Å². The zero-order valence-electron chi connectivity index (χ0n) is 10.1. The quantitative estimate of drug-likeness (QED) is 0.872. The molecule has 3 rings (SSSR count). The van der Waals surface area contributed by atoms with Crippen LogP contribution in [0.5, 0.6) is 0 Å². The average Bonchev–Trinajstić information content (AvgIpc) is 3.00. The largest absolute Gasteiger partial charge is 0.316 e. The Hall–Kier alpha value is -1.60. The van der Waals surface area contributed by atoms with Gasteiger partial charge >= 0.3 is 0 Å². The highest BCUT2D eigenvalue weighted by atomic mass is 32.1. The SMILES string of the molecule is Cc1nc(Nc2nncs2)cc(C2CCNC2)n1. The van der Waals surface area contributed by atoms with Crippen LogP contribution in [0.25, 0.3) is 0 Å². The van der Waals surface area contributed by atoms with Crippen LogP contribution in [0.2, 0.25) is 0 Å². The molecule has 1 saturated heterocycles. The van der Waals surface area contributed by atoms with E-state index < -0.39 is 0 Å². The lowest BCUT2D eigenvalue weighted by Crippen LogP contribution is -2.10. The maximum atomic E-state index is 4.52. The first-order chi connectivity index (χ1) is 8.81. The van der Waals surface area contributed by atoms with E-state index in [0.717, 1.165) is 42.0 Å². The molecule has 0 aromatic carbocycles. The number of hydrogen-bond donors (Lipinski definition) is 2. The highest BCUT2D eigenvalue weighted by Crippen LogP contribution is 2.24. The van der Waals surface area contributed by atoms with E-state index in [-0.39, 0.29) is 0 Å². The Labute approximate surface area is 109 Å². The number of aromatic nitrogens is 4. The first-order valence-electron chi connectivity index (χ1n) is 5.91. The molecular formula is C11H14N6S. The molecule has 1 atom stereocenters. The molecule has 1 fully saturated rings. The zero-order chi connectivity index (χ0) is 12.4. The molecule has 18 heavy (non-hydrogen) atoms. The highest BCUT2D eigenvalue weighted by molar-refractivity contribution is 7.13. The molecule has 6 nitrogen and oxygen atoms in total. The molecule has 3 heterocycles. The van der Waals surface area contributed by atoms with Crippen LogP contribution in [-0.4, -0.2) is 33.3 Å². The fourth-order valence-electron chi connectivity index (χ4n) is 2.11. The molecule has 94 valence electrons. The monoisotopic (exact) mass is 262 g/mol. The minimum absolute atomic E-state index is 0.488. The van der Waals surface area contributed by atoms with Crippen LogP contribution in [0, 0.1) is 6.92 Å². The van der Waals surface area contributed by atoms with Gasteiger partial charge in [-0.2, -0.15) is 0 Å². The fourth-order valence-corrected chi connectivity index (χ4v) is 2.56. The van der Waals surface area contributed by atoms with Gasteiger partial charge in [0, 0.05) is 18.5 Å². The first kappa shape index (κ1) is 11.5. The van der Waals surface area contributed by atoms with Crippen LogP contribution < -0.4 is 10.6 Å². The van der Waals surface area contributed by atoms with Gasteiger partial charge in [0.2, 0.25) is 5.13 Å². The lowest BCUT2D eigenvalue weighted by Gasteiger charge is -2.10. The number of rotatable bonds is 3. The van der Waals surface area contributed by atoms with Gasteiger partial charge in [0.15, 0.2) is 0 Å². The van der Waals surface area contributed by atoms with E-state index in [4.69, 9.17) is 0 Å². The molecule has 0 bridgehead atoms. The maximum absolute atomic E-state index is 4.52. The Morgan fingerprint density at radius 1 is 1.44 bits per heavy atom. The summed E-state index contributed by atoms with van der Waals surface area (Å²) in [5.41, 5.74) is 2.79. The lowest BCUT2D eigenvalue weighted by molar-refractivity contribution is 0.725. The summed E-state index contributed by atoms with van der Waals surface area (Å²) >= 11 is 1.46. The third kappa shape index (κ3) is 2.46. The molecule has 1 aliphatic rings. The summed E-state index contributed by atoms with van der Waals surface area (Å²) in [4.78, 5) is 8.90. The first-order valence-corrected chi connectivity index (χ1v) is 6.79. The average molecular weight is 262 g/mol. The van der Waals surface area contributed by atoms with Crippen LogP contribution in [-0.2, 0) is 0 Å². The van der Waals surface area contributed by atoms with Crippen LogP contribution >= 0.6 is 11.3 Å². The second-order valence-corrected chi connectivity index (χ2v) is 5.12. The molecule has 2 aromatic heterocycles. The molecule has 2 aromatic rings. The summed E-state index contributed by atoms with van der Waals surface area (Å²) < 4.78 is 0. The van der Waals surface area contributed by atoms with E-state index >= 15 is 0 Å². The standard InChI is InChI=1S/C11H14N6S/c1-7-14-9(8-2-3-12-5-8)4-10(15-7)16-11-17-13-6-18-11/h4,6,8,12H,2-3,5H2,1H3,(H,14,15,16,17). The van der Waals surface area contributed by atoms with Crippen molar-refractivity contribution in [2.45, 2.75) is 19.3 Å². The van der Waals surface area contributed by atoms with E-state index in [0.29, 0.717) is 5.92 Å². The second kappa shape index (κ2) is 4.95. The number of hydrogen-bond acceptors (Lipinski definition) is 7. The van der Waals surface area contributed by atoms with Crippen molar-refractivity contribution in [3.05, 3.63) is 23.1 Å². The molecule has 0 aliphatic carbocycles. The van der Waals surface area contributed by atoms with E-state index in [1.807, 2.05) is 13.0 Å². The summed E-state index contributed by atoms with van der Waals surface area (Å²) in [6, 6.07) is 2.01. The Morgan fingerprint density at radius 2 is 2.39 bits per heavy atom. The summed E-state index contributed by atoms with van der Waals surface area (Å²) in [7, 11) is 0. The number of anilines is 2. The van der Waals surface area contributed by atoms with Crippen molar-refractivity contribution in [1.82, 2.24) is 25.5 Å². The summed E-state index contributed by atoms with van der Waals surface area (Å²) in [6.45, 7) is 3.97. The van der Waals surface area contributed by atoms with Crippen molar-refractivity contribution >= 4 is 22.3 Å². The predicted molar refractivity (Wildman–Crippen MR) is 70.2 cm³/mol. The molecular weight excluding hydrogens is 248 g/mol. The molecule has 1 unspecified atom stereocenters. The van der Waals surface area contributed by atoms with E-state index in [1.165, 1.54) is 11.3 Å². The molecule has 2 N–H and O–H groups in total. The van der Waals surface area contributed by atoms with Gasteiger partial charge < -0.3 is 10.6 Å². The van der Waals surface area contributed by atoms with E-state index in [2.05, 4.69) is 30.8 Å². The van der Waals surface area contributed by atoms with Crippen molar-refractivity contribution < 1.29 is 0 Å². The lowest BCUT2D eigenvalue weighted by atomic mass is 10.0. The third-order valence-corrected chi connectivity index (χ3v) is 3.54. The van der Waals surface area contributed by atoms with Crippen molar-refractivity contribution in [2.24, 2.45) is 0 Å². The van der Waals surface area contributed by atoms with Crippen LogP contribution in [0.15, 0.2) is 11.6 Å². The van der Waals surface area contributed by atoms with Crippen molar-refractivity contribution in [3.63, 3.8) is 0 Å². The van der Waals surface area contributed by atoms with Gasteiger partial charge in [0.25, 0.3) is 0 Å². The molecule has 1 aliphatic heterocycles. The van der Waals surface area contributed by atoms with Gasteiger partial charge in [0.05, 0.1) is 5.69 Å². The molecule has 0 spiro atoms. The minimum atomic E-state index is 0.488. The third-order valence-electron chi connectivity index (χ3n) is 2.93. The second-order valence-electron chi connectivity index (χ2n) is 4.28. The molecule has 7 heteroatoms. The Morgan fingerprint density at radius 3 is 3.11 bits per heavy atom. The van der Waals surface area contributed by atoms with E-state index in [1.54, 1.807) is 5.51 Å². The van der Waals surface area contributed by atoms with Crippen LogP contribution in [0.1, 0.15) is 23.9 Å². The smallest absolute Gasteiger partial charge is 0.210 e. The molecule has 0 radical (unpaired) electrons. The predicted octanol–water partition coefficient (Wildman–Crippen LogP) is 1.46. The van der Waals surface area contributed by atoms with Crippen LogP contribution in [0.4, 0.5) is 10.9 Å². The fraction of sp³-hybridized carbons (Fsp3) is 0.455. The Kier molecular flexibility index (Phi) is 3.16. The van der Waals surface area contributed by atoms with Gasteiger partial charge in [-0.25, -0.2) is 9.97 Å². The van der Waals surface area contributed by atoms with Gasteiger partial charge in [0.1, 0.15) is 17.2 Å². The molecule has 0 saturated carbocycles. The van der Waals surface area contributed by atoms with Crippen molar-refractivity contribution in [2.75, 3.05) is 18.4 Å². The Balaban J connectivity index is 1.85. The summed E-state index contributed by atoms with van der Waals surface area (Å²) in [5.74, 6) is 2.06. The van der Waals surface area contributed by atoms with Crippen LogP contribution in [0.3, 0.4) is 0 Å². The number of nitrogens with zero attached hydrogens (tertiary/aromatic N) is 4. The van der Waals surface area contributed by atoms with Crippen molar-refractivity contribution in [3.8, 4) is 0 Å². The maximum Gasteiger partial charge on any atom is 0.210 e. The van der Waals surface area contributed by atoms with Gasteiger partial charge in [-0.15, -0.1) is 10.2 Å². The summed E-state index contributed by atoms with van der Waals surface area (Å²) in [5, 5.41) is 15.0. The number of nitrogens with one attached hydrogen (secondary N) is 2. The van der Waals surface area contributed by atoms with Gasteiger partial charge in [-0.3, -0.25) is 0 Å².